The molecule has 3 aliphatic rings. The van der Waals surface area contributed by atoms with Gasteiger partial charge in [-0.05, 0) is 92.5 Å². The lowest BCUT2D eigenvalue weighted by molar-refractivity contribution is 0.907. The van der Waals surface area contributed by atoms with Crippen LogP contribution in [0.3, 0.4) is 0 Å². The Kier molecular flexibility index (Phi) is 7.89. The molecular formula is C49H40N4. The van der Waals surface area contributed by atoms with E-state index in [0.29, 0.717) is 0 Å². The van der Waals surface area contributed by atoms with Crippen LogP contribution in [0.15, 0.2) is 167 Å². The van der Waals surface area contributed by atoms with Crippen molar-refractivity contribution in [1.29, 1.82) is 0 Å². The zero-order valence-corrected chi connectivity index (χ0v) is 30.7. The van der Waals surface area contributed by atoms with Crippen molar-refractivity contribution in [2.75, 3.05) is 0 Å². The average molecular weight is 685 g/mol. The molecular weight excluding hydrogens is 645 g/mol. The molecule has 0 atom stereocenters. The van der Waals surface area contributed by atoms with Gasteiger partial charge in [0.1, 0.15) is 0 Å². The molecule has 0 fully saturated rings. The average Bonchev–Trinajstić information content (AvgIpc) is 3.99. The summed E-state index contributed by atoms with van der Waals surface area (Å²) in [6.45, 7) is 8.52. The number of aryl methyl sites for hydroxylation is 5. The molecule has 2 aromatic heterocycles. The van der Waals surface area contributed by atoms with Crippen molar-refractivity contribution in [3.8, 4) is 0 Å². The number of hydrogen-bond acceptors (Lipinski definition) is 2. The summed E-state index contributed by atoms with van der Waals surface area (Å²) >= 11 is 0. The first-order valence-corrected chi connectivity index (χ1v) is 18.2. The van der Waals surface area contributed by atoms with Gasteiger partial charge in [0.2, 0.25) is 0 Å². The van der Waals surface area contributed by atoms with Crippen LogP contribution in [-0.2, 0) is 7.05 Å². The van der Waals surface area contributed by atoms with Crippen LogP contribution in [0, 0.1) is 27.7 Å². The van der Waals surface area contributed by atoms with Crippen LogP contribution in [0.2, 0.25) is 0 Å². The zero-order chi connectivity index (χ0) is 36.2. The Morgan fingerprint density at radius 2 is 0.792 bits per heavy atom. The normalized spacial score (nSPS) is 15.1. The number of benzene rings is 4. The molecule has 0 radical (unpaired) electrons. The Morgan fingerprint density at radius 1 is 0.415 bits per heavy atom. The van der Waals surface area contributed by atoms with Gasteiger partial charge in [-0.3, -0.25) is 0 Å². The van der Waals surface area contributed by atoms with Gasteiger partial charge in [0.15, 0.2) is 0 Å². The van der Waals surface area contributed by atoms with Crippen LogP contribution in [0.5, 0.6) is 0 Å². The maximum atomic E-state index is 5.46. The van der Waals surface area contributed by atoms with Crippen LogP contribution >= 0.6 is 0 Å². The van der Waals surface area contributed by atoms with Crippen LogP contribution < -0.4 is 10.7 Å². The number of allylic oxidation sites excluding steroid dienone is 4. The van der Waals surface area contributed by atoms with E-state index in [-0.39, 0.29) is 0 Å². The third kappa shape index (κ3) is 5.92. The van der Waals surface area contributed by atoms with Crippen LogP contribution in [0.25, 0.3) is 22.3 Å². The molecule has 4 nitrogen and oxygen atoms in total. The van der Waals surface area contributed by atoms with E-state index in [9.17, 15) is 0 Å². The minimum absolute atomic E-state index is 0.918. The first-order valence-electron chi connectivity index (χ1n) is 18.2. The fourth-order valence-corrected chi connectivity index (χ4v) is 7.57. The monoisotopic (exact) mass is 684 g/mol. The predicted octanol–water partition coefficient (Wildman–Crippen LogP) is 9.24. The Morgan fingerprint density at radius 3 is 1.23 bits per heavy atom. The standard InChI is InChI=1S/C49H40N4/c1-30-6-14-34(15-7-30)46-38-28-45(53(5)29-38)49(37-20-12-33(4)13-21-37)44-27-26-43(52-44)48(36-18-10-32(3)11-19-36)42-25-24-41(51-42)47(40-23-22-39(46)50-40)35-16-8-31(2)9-17-35/h6-29,51H,1-5H3. The van der Waals surface area contributed by atoms with Gasteiger partial charge in [-0.2, -0.15) is 0 Å². The summed E-state index contributed by atoms with van der Waals surface area (Å²) in [5.41, 5.74) is 19.5. The topological polar surface area (TPSA) is 45.4 Å². The molecule has 0 saturated heterocycles. The summed E-state index contributed by atoms with van der Waals surface area (Å²) < 4.78 is 2.24. The number of aromatic nitrogens is 2. The highest BCUT2D eigenvalue weighted by Crippen LogP contribution is 2.38. The Balaban J connectivity index is 1.42. The zero-order valence-electron chi connectivity index (χ0n) is 30.7. The number of fused-ring (bicyclic) bond motifs is 6. The second-order valence-corrected chi connectivity index (χ2v) is 14.4. The van der Waals surface area contributed by atoms with E-state index in [1.807, 2.05) is 0 Å². The van der Waals surface area contributed by atoms with E-state index < -0.39 is 0 Å². The molecule has 5 heterocycles. The molecule has 3 aliphatic heterocycles. The van der Waals surface area contributed by atoms with Gasteiger partial charge in [0.05, 0.1) is 28.5 Å². The first kappa shape index (κ1) is 32.4. The number of rotatable bonds is 4. The molecule has 53 heavy (non-hydrogen) atoms. The summed E-state index contributed by atoms with van der Waals surface area (Å²) in [6.07, 6.45) is 10.9. The summed E-state index contributed by atoms with van der Waals surface area (Å²) in [4.78, 5) is 14.8. The molecule has 4 heteroatoms. The minimum atomic E-state index is 0.918. The van der Waals surface area contributed by atoms with E-state index in [4.69, 9.17) is 9.98 Å². The van der Waals surface area contributed by atoms with Gasteiger partial charge in [0.25, 0.3) is 0 Å². The largest absolute Gasteiger partial charge is 0.354 e. The molecule has 0 aliphatic carbocycles. The van der Waals surface area contributed by atoms with Gasteiger partial charge in [-0.1, -0.05) is 119 Å². The van der Waals surface area contributed by atoms with Crippen molar-refractivity contribution < 1.29 is 0 Å². The molecule has 0 amide bonds. The van der Waals surface area contributed by atoms with Gasteiger partial charge in [-0.15, -0.1) is 0 Å². The van der Waals surface area contributed by atoms with E-state index >= 15 is 0 Å². The fourth-order valence-electron chi connectivity index (χ4n) is 7.57. The minimum Gasteiger partial charge on any atom is -0.354 e. The Hall–Kier alpha value is -6.52. The highest BCUT2D eigenvalue weighted by molar-refractivity contribution is 6.31. The van der Waals surface area contributed by atoms with Crippen LogP contribution in [0.1, 0.15) is 55.8 Å². The number of aromatic amines is 1. The number of nitrogens with one attached hydrogen (secondary N) is 1. The fraction of sp³-hybridized carbons (Fsp3) is 0.102. The summed E-state index contributed by atoms with van der Waals surface area (Å²) in [6, 6.07) is 41.7. The molecule has 4 aromatic carbocycles. The Labute approximate surface area is 310 Å². The van der Waals surface area contributed by atoms with E-state index in [2.05, 4.69) is 190 Å². The lowest BCUT2D eigenvalue weighted by Crippen LogP contribution is -2.21. The number of hydrogen-bond donors (Lipinski definition) is 1. The maximum absolute atomic E-state index is 5.46. The molecule has 0 unspecified atom stereocenters. The molecule has 1 N–H and O–H groups in total. The van der Waals surface area contributed by atoms with Crippen molar-refractivity contribution in [3.63, 3.8) is 0 Å². The SMILES string of the molecule is Cc1ccc(C2=C3C=CC(=N3)C(c3ccc(C)cc3)=c3ccc([nH]3)=C(c3ccc(C)cc3)C3=NC(=C(c4ccc(C)cc4)c4cc2cn4C)C=C3)cc1. The van der Waals surface area contributed by atoms with E-state index in [1.165, 1.54) is 22.3 Å². The molecule has 256 valence electrons. The first-order chi connectivity index (χ1) is 25.8. The van der Waals surface area contributed by atoms with Crippen molar-refractivity contribution in [2.45, 2.75) is 27.7 Å². The second kappa shape index (κ2) is 12.9. The summed E-state index contributed by atoms with van der Waals surface area (Å²) in [5.74, 6) is 0. The molecule has 8 bridgehead atoms. The summed E-state index contributed by atoms with van der Waals surface area (Å²) in [5, 5.41) is 2.00. The molecule has 6 aromatic rings. The predicted molar refractivity (Wildman–Crippen MR) is 220 cm³/mol. The highest BCUT2D eigenvalue weighted by atomic mass is 14.9. The van der Waals surface area contributed by atoms with Crippen molar-refractivity contribution in [1.82, 2.24) is 9.55 Å². The Bertz CT molecular complexity index is 2750. The highest BCUT2D eigenvalue weighted by Gasteiger charge is 2.24. The summed E-state index contributed by atoms with van der Waals surface area (Å²) in [7, 11) is 2.13. The lowest BCUT2D eigenvalue weighted by atomic mass is 9.95. The lowest BCUT2D eigenvalue weighted by Gasteiger charge is -2.12. The van der Waals surface area contributed by atoms with Crippen molar-refractivity contribution in [3.05, 3.63) is 224 Å². The number of nitrogens with zero attached hydrogens (tertiary/aromatic N) is 3. The number of H-pyrrole nitrogens is 1. The second-order valence-electron chi connectivity index (χ2n) is 14.4. The third-order valence-electron chi connectivity index (χ3n) is 10.4. The van der Waals surface area contributed by atoms with Gasteiger partial charge >= 0.3 is 0 Å². The van der Waals surface area contributed by atoms with Crippen molar-refractivity contribution >= 4 is 33.7 Å². The van der Waals surface area contributed by atoms with Gasteiger partial charge < -0.3 is 9.55 Å². The molecule has 0 spiro atoms. The third-order valence-corrected chi connectivity index (χ3v) is 10.4. The molecule has 9 rings (SSSR count). The molecule has 0 saturated carbocycles. The van der Waals surface area contributed by atoms with E-state index in [1.54, 1.807) is 0 Å². The van der Waals surface area contributed by atoms with Crippen LogP contribution in [-0.4, -0.2) is 21.0 Å². The van der Waals surface area contributed by atoms with E-state index in [0.717, 1.165) is 89.3 Å². The van der Waals surface area contributed by atoms with Gasteiger partial charge in [0, 0.05) is 51.8 Å². The van der Waals surface area contributed by atoms with Gasteiger partial charge in [-0.25, -0.2) is 9.98 Å². The quantitative estimate of drug-likeness (QED) is 0.193. The smallest absolute Gasteiger partial charge is 0.0737 e. The van der Waals surface area contributed by atoms with Crippen LogP contribution in [0.4, 0.5) is 0 Å². The number of aliphatic imine (C=N–C) groups is 2. The van der Waals surface area contributed by atoms with Crippen molar-refractivity contribution in [2.24, 2.45) is 17.0 Å². The maximum Gasteiger partial charge on any atom is 0.0737 e.